The van der Waals surface area contributed by atoms with E-state index in [9.17, 15) is 4.79 Å². The molecule has 0 saturated heterocycles. The number of hydrogen-bond donors (Lipinski definition) is 5. The summed E-state index contributed by atoms with van der Waals surface area (Å²) in [6.07, 6.45) is 4.51. The Morgan fingerprint density at radius 3 is 2.33 bits per heavy atom. The van der Waals surface area contributed by atoms with Crippen molar-refractivity contribution in [3.05, 3.63) is 120 Å². The average Bonchev–Trinajstić information content (AvgIpc) is 3.43. The molecule has 39 heavy (non-hydrogen) atoms. The van der Waals surface area contributed by atoms with Gasteiger partial charge in [-0.2, -0.15) is 0 Å². The first-order valence-electron chi connectivity index (χ1n) is 12.8. The van der Waals surface area contributed by atoms with E-state index in [1.165, 1.54) is 17.2 Å². The van der Waals surface area contributed by atoms with Crippen LogP contribution in [-0.2, 0) is 17.9 Å². The average molecular weight is 519 g/mol. The molecule has 5 aromatic rings. The standard InChI is InChI=1S/C31H30N6O2/c1-21(25-5-3-2-4-6-25)35-30-27-17-28(36-31(27)34-20-33-30)26-14-11-24(12-15-26)19-32-18-23-9-7-22(8-10-23)13-16-29(38)37-39/h2-17,20-21,32,39H,18-19H2,1H3,(H,37,38)(H2,33,34,35,36)/b16-13+. The quantitative estimate of drug-likeness (QED) is 0.0933. The summed E-state index contributed by atoms with van der Waals surface area (Å²) in [6, 6.07) is 28.9. The van der Waals surface area contributed by atoms with Crippen molar-refractivity contribution in [2.75, 3.05) is 5.32 Å². The fraction of sp³-hybridized carbons (Fsp3) is 0.129. The van der Waals surface area contributed by atoms with Crippen molar-refractivity contribution in [3.8, 4) is 11.3 Å². The van der Waals surface area contributed by atoms with Gasteiger partial charge < -0.3 is 15.6 Å². The van der Waals surface area contributed by atoms with Crippen LogP contribution in [0.5, 0.6) is 0 Å². The molecule has 2 heterocycles. The smallest absolute Gasteiger partial charge is 0.267 e. The molecule has 5 N–H and O–H groups in total. The molecular weight excluding hydrogens is 488 g/mol. The molecule has 1 unspecified atom stereocenters. The molecule has 0 aliphatic rings. The van der Waals surface area contributed by atoms with Crippen molar-refractivity contribution < 1.29 is 10.0 Å². The number of H-pyrrole nitrogens is 1. The zero-order valence-corrected chi connectivity index (χ0v) is 21.6. The molecule has 1 amide bonds. The van der Waals surface area contributed by atoms with Crippen LogP contribution in [0.1, 0.15) is 35.2 Å². The van der Waals surface area contributed by atoms with Gasteiger partial charge in [0.25, 0.3) is 5.91 Å². The van der Waals surface area contributed by atoms with Gasteiger partial charge in [0.15, 0.2) is 0 Å². The monoisotopic (exact) mass is 518 g/mol. The second-order valence-corrected chi connectivity index (χ2v) is 9.30. The number of aromatic nitrogens is 3. The summed E-state index contributed by atoms with van der Waals surface area (Å²) in [7, 11) is 0. The van der Waals surface area contributed by atoms with Crippen LogP contribution in [0.15, 0.2) is 97.3 Å². The molecule has 0 saturated carbocycles. The lowest BCUT2D eigenvalue weighted by Crippen LogP contribution is -2.14. The summed E-state index contributed by atoms with van der Waals surface area (Å²) in [6.45, 7) is 3.58. The molecule has 8 nitrogen and oxygen atoms in total. The number of aromatic amines is 1. The number of amides is 1. The summed E-state index contributed by atoms with van der Waals surface area (Å²) in [5, 5.41) is 16.5. The number of carbonyl (C=O) groups excluding carboxylic acids is 1. The molecule has 3 aromatic carbocycles. The molecule has 0 aliphatic heterocycles. The van der Waals surface area contributed by atoms with Crippen LogP contribution in [0, 0.1) is 0 Å². The van der Waals surface area contributed by atoms with E-state index in [1.807, 2.05) is 42.5 Å². The number of rotatable bonds is 10. The van der Waals surface area contributed by atoms with Crippen LogP contribution in [-0.4, -0.2) is 26.1 Å². The first kappa shape index (κ1) is 25.8. The normalized spacial score (nSPS) is 12.1. The van der Waals surface area contributed by atoms with E-state index in [2.05, 4.69) is 75.0 Å². The molecule has 0 bridgehead atoms. The Morgan fingerprint density at radius 2 is 1.64 bits per heavy atom. The van der Waals surface area contributed by atoms with Crippen molar-refractivity contribution in [3.63, 3.8) is 0 Å². The number of carbonyl (C=O) groups is 1. The van der Waals surface area contributed by atoms with Crippen LogP contribution < -0.4 is 16.1 Å². The van der Waals surface area contributed by atoms with E-state index in [1.54, 1.807) is 17.9 Å². The zero-order valence-electron chi connectivity index (χ0n) is 21.6. The second kappa shape index (κ2) is 12.2. The number of nitrogens with zero attached hydrogens (tertiary/aromatic N) is 2. The Hall–Kier alpha value is -4.79. The predicted octanol–water partition coefficient (Wildman–Crippen LogP) is 5.61. The van der Waals surface area contributed by atoms with Gasteiger partial charge in [0.1, 0.15) is 17.8 Å². The number of fused-ring (bicyclic) bond motifs is 1. The van der Waals surface area contributed by atoms with Gasteiger partial charge in [0.2, 0.25) is 0 Å². The van der Waals surface area contributed by atoms with Gasteiger partial charge in [-0.3, -0.25) is 10.0 Å². The Labute approximate surface area is 226 Å². The summed E-state index contributed by atoms with van der Waals surface area (Å²) in [4.78, 5) is 23.5. The highest BCUT2D eigenvalue weighted by molar-refractivity contribution is 5.92. The fourth-order valence-corrected chi connectivity index (χ4v) is 4.35. The van der Waals surface area contributed by atoms with Crippen molar-refractivity contribution >= 4 is 28.8 Å². The summed E-state index contributed by atoms with van der Waals surface area (Å²) >= 11 is 0. The molecule has 0 fully saturated rings. The second-order valence-electron chi connectivity index (χ2n) is 9.30. The maximum Gasteiger partial charge on any atom is 0.267 e. The highest BCUT2D eigenvalue weighted by atomic mass is 16.5. The minimum Gasteiger partial charge on any atom is -0.363 e. The van der Waals surface area contributed by atoms with Crippen LogP contribution in [0.4, 0.5) is 5.82 Å². The SMILES string of the molecule is CC(Nc1ncnc2[nH]c(-c3ccc(CNCc4ccc(/C=C/C(=O)NO)cc4)cc3)cc12)c1ccccc1. The van der Waals surface area contributed by atoms with Gasteiger partial charge in [-0.15, -0.1) is 0 Å². The third kappa shape index (κ3) is 6.56. The minimum atomic E-state index is -0.555. The van der Waals surface area contributed by atoms with Crippen LogP contribution >= 0.6 is 0 Å². The lowest BCUT2D eigenvalue weighted by atomic mass is 10.1. The third-order valence-corrected chi connectivity index (χ3v) is 6.52. The Kier molecular flexibility index (Phi) is 8.06. The van der Waals surface area contributed by atoms with Gasteiger partial charge >= 0.3 is 0 Å². The highest BCUT2D eigenvalue weighted by Crippen LogP contribution is 2.29. The van der Waals surface area contributed by atoms with Crippen molar-refractivity contribution in [1.82, 2.24) is 25.7 Å². The van der Waals surface area contributed by atoms with Gasteiger partial charge in [0, 0.05) is 30.9 Å². The molecular formula is C31H30N6O2. The third-order valence-electron chi connectivity index (χ3n) is 6.52. The van der Waals surface area contributed by atoms with E-state index >= 15 is 0 Å². The number of hydroxylamine groups is 1. The van der Waals surface area contributed by atoms with E-state index in [4.69, 9.17) is 5.21 Å². The largest absolute Gasteiger partial charge is 0.363 e. The topological polar surface area (TPSA) is 115 Å². The van der Waals surface area contributed by atoms with E-state index < -0.39 is 5.91 Å². The minimum absolute atomic E-state index is 0.115. The molecule has 1 atom stereocenters. The predicted molar refractivity (Wildman–Crippen MR) is 154 cm³/mol. The van der Waals surface area contributed by atoms with Gasteiger partial charge in [-0.05, 0) is 46.9 Å². The maximum absolute atomic E-state index is 11.1. The van der Waals surface area contributed by atoms with Crippen LogP contribution in [0.2, 0.25) is 0 Å². The van der Waals surface area contributed by atoms with Gasteiger partial charge in [0.05, 0.1) is 5.39 Å². The van der Waals surface area contributed by atoms with Crippen LogP contribution in [0.25, 0.3) is 28.4 Å². The Bertz CT molecular complexity index is 1560. The van der Waals surface area contributed by atoms with Crippen molar-refractivity contribution in [1.29, 1.82) is 0 Å². The van der Waals surface area contributed by atoms with Gasteiger partial charge in [-0.1, -0.05) is 78.9 Å². The van der Waals surface area contributed by atoms with Gasteiger partial charge in [-0.25, -0.2) is 15.4 Å². The van der Waals surface area contributed by atoms with Crippen molar-refractivity contribution in [2.45, 2.75) is 26.1 Å². The summed E-state index contributed by atoms with van der Waals surface area (Å²) in [5.74, 6) is 0.250. The lowest BCUT2D eigenvalue weighted by molar-refractivity contribution is -0.124. The first-order valence-corrected chi connectivity index (χ1v) is 12.8. The highest BCUT2D eigenvalue weighted by Gasteiger charge is 2.12. The zero-order chi connectivity index (χ0) is 27.0. The number of benzene rings is 3. The molecule has 0 spiro atoms. The molecule has 5 rings (SSSR count). The molecule has 0 radical (unpaired) electrons. The molecule has 0 aliphatic carbocycles. The lowest BCUT2D eigenvalue weighted by Gasteiger charge is -2.15. The van der Waals surface area contributed by atoms with Crippen molar-refractivity contribution in [2.24, 2.45) is 0 Å². The van der Waals surface area contributed by atoms with Crippen LogP contribution in [0.3, 0.4) is 0 Å². The summed E-state index contributed by atoms with van der Waals surface area (Å²) < 4.78 is 0. The first-order chi connectivity index (χ1) is 19.1. The Balaban J connectivity index is 1.19. The Morgan fingerprint density at radius 1 is 0.949 bits per heavy atom. The number of hydrogen-bond acceptors (Lipinski definition) is 6. The molecule has 2 aromatic heterocycles. The summed E-state index contributed by atoms with van der Waals surface area (Å²) in [5.41, 5.74) is 8.85. The molecule has 8 heteroatoms. The van der Waals surface area contributed by atoms with E-state index in [-0.39, 0.29) is 6.04 Å². The fourth-order valence-electron chi connectivity index (χ4n) is 4.35. The molecule has 196 valence electrons. The van der Waals surface area contributed by atoms with E-state index in [0.717, 1.165) is 52.3 Å². The van der Waals surface area contributed by atoms with E-state index in [0.29, 0.717) is 0 Å². The number of nitrogens with one attached hydrogen (secondary N) is 4. The number of anilines is 1. The maximum atomic E-state index is 11.1.